The van der Waals surface area contributed by atoms with E-state index in [-0.39, 0.29) is 5.34 Å². The van der Waals surface area contributed by atoms with Crippen LogP contribution in [0.3, 0.4) is 0 Å². The molecule has 19 heavy (non-hydrogen) atoms. The van der Waals surface area contributed by atoms with Crippen molar-refractivity contribution in [2.45, 2.75) is 37.3 Å². The minimum atomic E-state index is 0.188. The number of hydrazine groups is 2. The number of nitrogens with zero attached hydrogens (tertiary/aromatic N) is 3. The molecule has 0 spiro atoms. The van der Waals surface area contributed by atoms with Gasteiger partial charge in [0.25, 0.3) is 0 Å². The van der Waals surface area contributed by atoms with Crippen LogP contribution in [0.2, 0.25) is 0 Å². The van der Waals surface area contributed by atoms with E-state index in [4.69, 9.17) is 0 Å². The van der Waals surface area contributed by atoms with E-state index >= 15 is 0 Å². The smallest absolute Gasteiger partial charge is 0.136 e. The Morgan fingerprint density at radius 3 is 2.63 bits per heavy atom. The summed E-state index contributed by atoms with van der Waals surface area (Å²) >= 11 is 0. The van der Waals surface area contributed by atoms with Crippen LogP contribution in [0.15, 0.2) is 29.4 Å². The number of hydrazone groups is 1. The zero-order valence-corrected chi connectivity index (χ0v) is 10.5. The lowest BCUT2D eigenvalue weighted by Gasteiger charge is -2.21. The van der Waals surface area contributed by atoms with Gasteiger partial charge in [-0.15, -0.1) is 5.10 Å². The van der Waals surface area contributed by atoms with E-state index in [9.17, 15) is 4.48 Å². The van der Waals surface area contributed by atoms with Crippen molar-refractivity contribution >= 4 is 12.0 Å². The monoisotopic (exact) mass is 261 g/mol. The number of anilines is 1. The van der Waals surface area contributed by atoms with Gasteiger partial charge >= 0.3 is 0 Å². The summed E-state index contributed by atoms with van der Waals surface area (Å²) in [5.74, 6) is 0.630. The standard InChI is InChI=1S/C13H16FN5/c14-19-15-8-18(17-19)11-4-1-9(2-5-11)12-7-10-3-6-13(12)16-10/h1-2,4-5,8,10,12-13,16-17H,3,6-7H2. The molecule has 3 atom stereocenters. The van der Waals surface area contributed by atoms with Gasteiger partial charge in [-0.2, -0.15) is 0 Å². The van der Waals surface area contributed by atoms with Crippen molar-refractivity contribution in [3.63, 3.8) is 0 Å². The normalized spacial score (nSPS) is 32.6. The molecule has 3 aliphatic heterocycles. The Balaban J connectivity index is 1.52. The zero-order valence-electron chi connectivity index (χ0n) is 10.5. The molecule has 0 aromatic heterocycles. The Hall–Kier alpha value is -1.66. The van der Waals surface area contributed by atoms with E-state index in [1.807, 2.05) is 12.1 Å². The molecule has 5 nitrogen and oxygen atoms in total. The Morgan fingerprint density at radius 1 is 1.21 bits per heavy atom. The first-order valence-electron chi connectivity index (χ1n) is 6.71. The van der Waals surface area contributed by atoms with E-state index < -0.39 is 0 Å². The first-order chi connectivity index (χ1) is 9.29. The SMILES string of the molecule is FN1N=CN(c2ccc(C3CC4CCC3N4)cc2)N1. The van der Waals surface area contributed by atoms with Crippen molar-refractivity contribution < 1.29 is 4.48 Å². The van der Waals surface area contributed by atoms with Gasteiger partial charge in [-0.3, -0.25) is 0 Å². The van der Waals surface area contributed by atoms with Crippen LogP contribution in [0.5, 0.6) is 0 Å². The highest BCUT2D eigenvalue weighted by Gasteiger charge is 2.39. The Bertz CT molecular complexity index is 502. The van der Waals surface area contributed by atoms with Crippen molar-refractivity contribution in [1.82, 2.24) is 16.2 Å². The Labute approximate surface area is 110 Å². The number of fused-ring (bicyclic) bond motifs is 2. The predicted molar refractivity (Wildman–Crippen MR) is 70.8 cm³/mol. The highest BCUT2D eigenvalue weighted by atomic mass is 19.2. The molecule has 2 bridgehead atoms. The number of rotatable bonds is 2. The Kier molecular flexibility index (Phi) is 2.46. The van der Waals surface area contributed by atoms with Crippen LogP contribution in [0.4, 0.5) is 10.2 Å². The quantitative estimate of drug-likeness (QED) is 0.795. The fourth-order valence-corrected chi connectivity index (χ4v) is 3.44. The minimum Gasteiger partial charge on any atom is -0.311 e. The van der Waals surface area contributed by atoms with Crippen molar-refractivity contribution in [1.29, 1.82) is 0 Å². The van der Waals surface area contributed by atoms with Crippen LogP contribution in [0.25, 0.3) is 0 Å². The average Bonchev–Trinajstić information content (AvgIpc) is 3.14. The van der Waals surface area contributed by atoms with Gasteiger partial charge in [0.15, 0.2) is 0 Å². The van der Waals surface area contributed by atoms with E-state index in [0.717, 1.165) is 5.69 Å². The summed E-state index contributed by atoms with van der Waals surface area (Å²) in [4.78, 5) is 0. The molecule has 4 rings (SSSR count). The predicted octanol–water partition coefficient (Wildman–Crippen LogP) is 1.66. The van der Waals surface area contributed by atoms with Gasteiger partial charge in [0.2, 0.25) is 0 Å². The molecule has 2 N–H and O–H groups in total. The van der Waals surface area contributed by atoms with Crippen LogP contribution >= 0.6 is 0 Å². The van der Waals surface area contributed by atoms with Crippen LogP contribution in [0, 0.1) is 0 Å². The molecule has 3 aliphatic rings. The summed E-state index contributed by atoms with van der Waals surface area (Å²) in [5, 5.41) is 8.86. The molecule has 100 valence electrons. The first-order valence-corrected chi connectivity index (χ1v) is 6.71. The van der Waals surface area contributed by atoms with Crippen molar-refractivity contribution in [2.75, 3.05) is 5.01 Å². The second kappa shape index (κ2) is 4.18. The van der Waals surface area contributed by atoms with Gasteiger partial charge < -0.3 is 5.32 Å². The maximum absolute atomic E-state index is 12.8. The zero-order chi connectivity index (χ0) is 12.8. The van der Waals surface area contributed by atoms with Gasteiger partial charge in [-0.25, -0.2) is 5.01 Å². The average molecular weight is 261 g/mol. The molecule has 0 aliphatic carbocycles. The van der Waals surface area contributed by atoms with Crippen LogP contribution in [-0.4, -0.2) is 23.8 Å². The summed E-state index contributed by atoms with van der Waals surface area (Å²) in [6.45, 7) is 0. The molecular weight excluding hydrogens is 245 g/mol. The molecule has 0 radical (unpaired) electrons. The molecule has 1 aromatic rings. The summed E-state index contributed by atoms with van der Waals surface area (Å²) in [6.07, 6.45) is 5.26. The molecule has 1 aromatic carbocycles. The second-order valence-electron chi connectivity index (χ2n) is 5.44. The van der Waals surface area contributed by atoms with E-state index in [2.05, 4.69) is 28.1 Å². The number of hydrogen-bond donors (Lipinski definition) is 2. The number of hydrogen-bond acceptors (Lipinski definition) is 5. The van der Waals surface area contributed by atoms with Crippen LogP contribution < -0.4 is 15.9 Å². The van der Waals surface area contributed by atoms with E-state index in [1.165, 1.54) is 31.2 Å². The van der Waals surface area contributed by atoms with Crippen molar-refractivity contribution in [3.05, 3.63) is 29.8 Å². The highest BCUT2D eigenvalue weighted by molar-refractivity contribution is 5.78. The van der Waals surface area contributed by atoms with Crippen molar-refractivity contribution in [2.24, 2.45) is 5.10 Å². The largest absolute Gasteiger partial charge is 0.311 e. The van der Waals surface area contributed by atoms with E-state index in [1.54, 1.807) is 5.01 Å². The van der Waals surface area contributed by atoms with Crippen LogP contribution in [0.1, 0.15) is 30.7 Å². The molecule has 2 fully saturated rings. The minimum absolute atomic E-state index is 0.188. The molecule has 3 heterocycles. The fourth-order valence-electron chi connectivity index (χ4n) is 3.44. The molecule has 0 saturated carbocycles. The first kappa shape index (κ1) is 11.2. The highest BCUT2D eigenvalue weighted by Crippen LogP contribution is 2.40. The van der Waals surface area contributed by atoms with Gasteiger partial charge in [-0.05, 0) is 42.3 Å². The number of benzene rings is 1. The molecule has 0 amide bonds. The third-order valence-electron chi connectivity index (χ3n) is 4.36. The van der Waals surface area contributed by atoms with E-state index in [0.29, 0.717) is 18.0 Å². The summed E-state index contributed by atoms with van der Waals surface area (Å²) in [7, 11) is 0. The lowest BCUT2D eigenvalue weighted by molar-refractivity contribution is -0.0155. The maximum atomic E-state index is 12.8. The molecule has 2 saturated heterocycles. The fraction of sp³-hybridized carbons (Fsp3) is 0.462. The maximum Gasteiger partial charge on any atom is 0.136 e. The van der Waals surface area contributed by atoms with Crippen LogP contribution in [-0.2, 0) is 0 Å². The van der Waals surface area contributed by atoms with Gasteiger partial charge in [0.05, 0.1) is 5.69 Å². The van der Waals surface area contributed by atoms with Gasteiger partial charge in [0, 0.05) is 18.0 Å². The number of halogens is 1. The van der Waals surface area contributed by atoms with Gasteiger partial charge in [0.1, 0.15) is 6.34 Å². The third-order valence-corrected chi connectivity index (χ3v) is 4.36. The lowest BCUT2D eigenvalue weighted by atomic mass is 9.84. The summed E-state index contributed by atoms with van der Waals surface area (Å²) < 4.78 is 12.8. The molecule has 6 heteroatoms. The second-order valence-corrected chi connectivity index (χ2v) is 5.44. The third kappa shape index (κ3) is 1.87. The van der Waals surface area contributed by atoms with Crippen molar-refractivity contribution in [3.8, 4) is 0 Å². The Morgan fingerprint density at radius 2 is 2.05 bits per heavy atom. The lowest BCUT2D eigenvalue weighted by Crippen LogP contribution is -2.36. The van der Waals surface area contributed by atoms with Gasteiger partial charge in [-0.1, -0.05) is 22.1 Å². The summed E-state index contributed by atoms with van der Waals surface area (Å²) in [6, 6.07) is 9.63. The number of nitrogens with one attached hydrogen (secondary N) is 2. The molecular formula is C13H16FN5. The summed E-state index contributed by atoms with van der Waals surface area (Å²) in [5.41, 5.74) is 4.70. The molecule has 3 unspecified atom stereocenters. The topological polar surface area (TPSA) is 42.9 Å².